The van der Waals surface area contributed by atoms with Crippen molar-refractivity contribution in [1.82, 2.24) is 0 Å². The molecular formula is C36H62O6. The first kappa shape index (κ1) is 39.8. The first-order chi connectivity index (χ1) is 20.3. The lowest BCUT2D eigenvalue weighted by Gasteiger charge is -2.15. The van der Waals surface area contributed by atoms with Gasteiger partial charge in [-0.1, -0.05) is 107 Å². The van der Waals surface area contributed by atoms with Crippen LogP contribution >= 0.6 is 0 Å². The van der Waals surface area contributed by atoms with E-state index in [0.29, 0.717) is 12.8 Å². The van der Waals surface area contributed by atoms with Gasteiger partial charge in [0.25, 0.3) is 0 Å². The minimum absolute atomic E-state index is 0.0974. The molecule has 2 atom stereocenters. The molecule has 0 aromatic carbocycles. The van der Waals surface area contributed by atoms with Crippen LogP contribution < -0.4 is 0 Å². The summed E-state index contributed by atoms with van der Waals surface area (Å²) in [6.45, 7) is 5.89. The Bertz CT molecular complexity index is 750. The minimum Gasteiger partial charge on any atom is -0.462 e. The molecule has 42 heavy (non-hydrogen) atoms. The zero-order valence-electron chi connectivity index (χ0n) is 27.0. The molecule has 6 heteroatoms. The number of rotatable bonds is 28. The van der Waals surface area contributed by atoms with Gasteiger partial charge in [-0.05, 0) is 70.6 Å². The van der Waals surface area contributed by atoms with Crippen molar-refractivity contribution in [1.29, 1.82) is 0 Å². The van der Waals surface area contributed by atoms with Gasteiger partial charge in [-0.3, -0.25) is 9.59 Å². The number of aliphatic hydroxyl groups is 2. The fourth-order valence-corrected chi connectivity index (χ4v) is 4.28. The SMILES string of the molecule is CC(C)CCCCCCCCCC(=O)OC[C@H](CO)OC(=O)CCC/C=C\C/C=C\C/C=C\C/C=C\CCC[C@H](C)O. The fourth-order valence-electron chi connectivity index (χ4n) is 4.28. The molecule has 0 spiro atoms. The van der Waals surface area contributed by atoms with Crippen molar-refractivity contribution in [3.63, 3.8) is 0 Å². The molecule has 242 valence electrons. The number of allylic oxidation sites excluding steroid dienone is 8. The van der Waals surface area contributed by atoms with Crippen LogP contribution in [0.5, 0.6) is 0 Å². The molecule has 0 saturated heterocycles. The maximum Gasteiger partial charge on any atom is 0.306 e. The molecule has 0 aliphatic heterocycles. The summed E-state index contributed by atoms with van der Waals surface area (Å²) in [6.07, 6.45) is 33.1. The molecule has 0 aliphatic carbocycles. The Balaban J connectivity index is 3.74. The maximum atomic E-state index is 12.1. The van der Waals surface area contributed by atoms with E-state index < -0.39 is 6.10 Å². The Morgan fingerprint density at radius 2 is 1.12 bits per heavy atom. The summed E-state index contributed by atoms with van der Waals surface area (Å²) in [4.78, 5) is 24.0. The van der Waals surface area contributed by atoms with Crippen LogP contribution in [-0.2, 0) is 19.1 Å². The zero-order chi connectivity index (χ0) is 31.1. The lowest BCUT2D eigenvalue weighted by atomic mass is 10.0. The van der Waals surface area contributed by atoms with Crippen LogP contribution in [0.1, 0.15) is 136 Å². The predicted octanol–water partition coefficient (Wildman–Crippen LogP) is 8.72. The van der Waals surface area contributed by atoms with Gasteiger partial charge in [0.2, 0.25) is 0 Å². The standard InChI is InChI=1S/C36H62O6/c1-32(2)26-22-18-14-13-17-20-24-28-35(39)41-31-34(30-37)42-36(40)29-25-21-16-12-10-8-6-4-5-7-9-11-15-19-23-27-33(3)38/h5-8,11-12,15-16,32-34,37-38H,4,9-10,13-14,17-31H2,1-3H3/b7-5-,8-6-,15-11-,16-12-/t33-,34-/m0/s1. The number of hydrogen-bond donors (Lipinski definition) is 2. The van der Waals surface area contributed by atoms with Gasteiger partial charge in [-0.2, -0.15) is 0 Å². The molecule has 0 heterocycles. The maximum absolute atomic E-state index is 12.1. The third kappa shape index (κ3) is 30.8. The van der Waals surface area contributed by atoms with E-state index in [1.54, 1.807) is 0 Å². The van der Waals surface area contributed by atoms with E-state index in [9.17, 15) is 19.8 Å². The number of aliphatic hydroxyl groups excluding tert-OH is 2. The fraction of sp³-hybridized carbons (Fsp3) is 0.722. The molecule has 2 N–H and O–H groups in total. The molecular weight excluding hydrogens is 528 g/mol. The van der Waals surface area contributed by atoms with E-state index >= 15 is 0 Å². The molecule has 0 aromatic rings. The highest BCUT2D eigenvalue weighted by atomic mass is 16.6. The summed E-state index contributed by atoms with van der Waals surface area (Å²) in [5.41, 5.74) is 0. The second-order valence-electron chi connectivity index (χ2n) is 11.6. The molecule has 0 rings (SSSR count). The van der Waals surface area contributed by atoms with Crippen LogP contribution in [0.4, 0.5) is 0 Å². The normalized spacial score (nSPS) is 13.7. The molecule has 0 unspecified atom stereocenters. The van der Waals surface area contributed by atoms with Gasteiger partial charge in [-0.15, -0.1) is 0 Å². The van der Waals surface area contributed by atoms with Crippen molar-refractivity contribution < 1.29 is 29.3 Å². The predicted molar refractivity (Wildman–Crippen MR) is 174 cm³/mol. The monoisotopic (exact) mass is 590 g/mol. The lowest BCUT2D eigenvalue weighted by Crippen LogP contribution is -2.28. The van der Waals surface area contributed by atoms with Crippen LogP contribution in [0, 0.1) is 5.92 Å². The van der Waals surface area contributed by atoms with Gasteiger partial charge < -0.3 is 19.7 Å². The Kier molecular flexibility index (Phi) is 28.7. The first-order valence-electron chi connectivity index (χ1n) is 16.6. The summed E-state index contributed by atoms with van der Waals surface area (Å²) in [7, 11) is 0. The van der Waals surface area contributed by atoms with Gasteiger partial charge >= 0.3 is 11.9 Å². The van der Waals surface area contributed by atoms with Gasteiger partial charge in [0.1, 0.15) is 6.61 Å². The second kappa shape index (κ2) is 30.3. The molecule has 0 aromatic heterocycles. The molecule has 0 bridgehead atoms. The van der Waals surface area contributed by atoms with Gasteiger partial charge in [0, 0.05) is 12.8 Å². The topological polar surface area (TPSA) is 93.1 Å². The Hall–Kier alpha value is -2.18. The van der Waals surface area contributed by atoms with Crippen molar-refractivity contribution in [3.8, 4) is 0 Å². The van der Waals surface area contributed by atoms with Crippen molar-refractivity contribution in [3.05, 3.63) is 48.6 Å². The molecule has 6 nitrogen and oxygen atoms in total. The zero-order valence-corrected chi connectivity index (χ0v) is 27.0. The molecule has 0 fully saturated rings. The highest BCUT2D eigenvalue weighted by Gasteiger charge is 2.15. The third-order valence-electron chi connectivity index (χ3n) is 6.82. The van der Waals surface area contributed by atoms with E-state index in [2.05, 4.69) is 62.5 Å². The van der Waals surface area contributed by atoms with E-state index in [-0.39, 0.29) is 37.7 Å². The number of carbonyl (C=O) groups is 2. The molecule has 0 aliphatic rings. The van der Waals surface area contributed by atoms with Crippen LogP contribution in [0.25, 0.3) is 0 Å². The molecule has 0 radical (unpaired) electrons. The molecule has 0 amide bonds. The van der Waals surface area contributed by atoms with Gasteiger partial charge in [0.15, 0.2) is 6.10 Å². The van der Waals surface area contributed by atoms with Crippen LogP contribution in [0.2, 0.25) is 0 Å². The number of hydrogen-bond acceptors (Lipinski definition) is 6. The van der Waals surface area contributed by atoms with E-state index in [1.165, 1.54) is 32.1 Å². The smallest absolute Gasteiger partial charge is 0.306 e. The summed E-state index contributed by atoms with van der Waals surface area (Å²) in [5, 5.41) is 18.7. The highest BCUT2D eigenvalue weighted by molar-refractivity contribution is 5.70. The summed E-state index contributed by atoms with van der Waals surface area (Å²) in [6, 6.07) is 0. The van der Waals surface area contributed by atoms with Gasteiger partial charge in [-0.25, -0.2) is 0 Å². The van der Waals surface area contributed by atoms with Crippen molar-refractivity contribution in [2.24, 2.45) is 5.92 Å². The van der Waals surface area contributed by atoms with E-state index in [0.717, 1.165) is 70.1 Å². The van der Waals surface area contributed by atoms with Crippen LogP contribution in [0.3, 0.4) is 0 Å². The molecule has 0 saturated carbocycles. The van der Waals surface area contributed by atoms with E-state index in [1.807, 2.05) is 6.92 Å². The van der Waals surface area contributed by atoms with Crippen molar-refractivity contribution in [2.45, 2.75) is 149 Å². The number of unbranched alkanes of at least 4 members (excludes halogenated alkanes) is 8. The average molecular weight is 591 g/mol. The average Bonchev–Trinajstić information content (AvgIpc) is 2.95. The highest BCUT2D eigenvalue weighted by Crippen LogP contribution is 2.13. The minimum atomic E-state index is -0.807. The van der Waals surface area contributed by atoms with Crippen molar-refractivity contribution in [2.75, 3.05) is 13.2 Å². The Morgan fingerprint density at radius 1 is 0.619 bits per heavy atom. The van der Waals surface area contributed by atoms with Crippen molar-refractivity contribution >= 4 is 11.9 Å². The van der Waals surface area contributed by atoms with Crippen LogP contribution in [-0.4, -0.2) is 47.6 Å². The summed E-state index contributed by atoms with van der Waals surface area (Å²) < 4.78 is 10.5. The van der Waals surface area contributed by atoms with Gasteiger partial charge in [0.05, 0.1) is 12.7 Å². The number of esters is 2. The van der Waals surface area contributed by atoms with Crippen LogP contribution in [0.15, 0.2) is 48.6 Å². The third-order valence-corrected chi connectivity index (χ3v) is 6.82. The number of carbonyl (C=O) groups excluding carboxylic acids is 2. The second-order valence-corrected chi connectivity index (χ2v) is 11.6. The largest absolute Gasteiger partial charge is 0.462 e. The van der Waals surface area contributed by atoms with E-state index in [4.69, 9.17) is 9.47 Å². The Morgan fingerprint density at radius 3 is 1.67 bits per heavy atom. The summed E-state index contributed by atoms with van der Waals surface area (Å²) >= 11 is 0. The Labute approximate surface area is 257 Å². The number of ether oxygens (including phenoxy) is 2. The summed E-state index contributed by atoms with van der Waals surface area (Å²) in [5.74, 6) is 0.102. The quantitative estimate of drug-likeness (QED) is 0.0538. The first-order valence-corrected chi connectivity index (χ1v) is 16.6. The lowest BCUT2D eigenvalue weighted by molar-refractivity contribution is -0.161.